The minimum absolute atomic E-state index is 0. The minimum Gasteiger partial charge on any atom is -0.489 e. The van der Waals surface area contributed by atoms with Crippen molar-refractivity contribution in [2.45, 2.75) is 21.0 Å². The maximum atomic E-state index is 13.7. The Morgan fingerprint density at radius 1 is 0.717 bits per heavy atom. The maximum absolute atomic E-state index is 13.7. The van der Waals surface area contributed by atoms with Gasteiger partial charge in [0.25, 0.3) is 11.8 Å². The quantitative estimate of drug-likeness (QED) is 0.188. The molecule has 0 aromatic heterocycles. The van der Waals surface area contributed by atoms with Gasteiger partial charge in [0.2, 0.25) is 5.78 Å². The van der Waals surface area contributed by atoms with Crippen LogP contribution in [0.4, 0.5) is 28.9 Å². The number of carbonyl (C=O) groups is 3. The van der Waals surface area contributed by atoms with Crippen LogP contribution in [0.2, 0.25) is 10.0 Å². The van der Waals surface area contributed by atoms with Gasteiger partial charge < -0.3 is 25.2 Å². The topological polar surface area (TPSA) is 114 Å². The first-order valence-corrected chi connectivity index (χ1v) is 13.3. The molecule has 2 aliphatic rings. The fourth-order valence-corrected chi connectivity index (χ4v) is 4.73. The zero-order valence-electron chi connectivity index (χ0n) is 22.0. The molecule has 0 bridgehead atoms. The fourth-order valence-electron chi connectivity index (χ4n) is 4.37. The van der Waals surface area contributed by atoms with E-state index in [-0.39, 0.29) is 83.2 Å². The number of ketones is 1. The summed E-state index contributed by atoms with van der Waals surface area (Å²) < 4.78 is 63.7. The van der Waals surface area contributed by atoms with Gasteiger partial charge in [0, 0.05) is 11.4 Å². The molecule has 0 fully saturated rings. The zero-order valence-corrected chi connectivity index (χ0v) is 23.5. The van der Waals surface area contributed by atoms with Gasteiger partial charge in [0.05, 0.1) is 32.3 Å². The summed E-state index contributed by atoms with van der Waals surface area (Å²) >= 11 is 11.3. The summed E-state index contributed by atoms with van der Waals surface area (Å²) in [5.41, 5.74) is 0.373. The molecule has 4 aromatic carbocycles. The molecule has 0 radical (unpaired) electrons. The number of aliphatic hydroxyl groups excluding tert-OH is 1. The highest BCUT2D eigenvalue weighted by Crippen LogP contribution is 2.38. The lowest BCUT2D eigenvalue weighted by Gasteiger charge is -2.10. The van der Waals surface area contributed by atoms with Crippen LogP contribution in [0.1, 0.15) is 57.6 Å². The lowest BCUT2D eigenvalue weighted by atomic mass is 10.1. The standard InChI is InChI=1S/C15H10ClF2NO3.C15H8ClF2NO3.2CH4/c2*16-9-5-7(1-3-10(9)17)19-15(21)8-2-4-11(18)13-12(20)6-22-14(8)13;;/h1-5,12,20H,6H2,(H,19,21);1-5H,6H2,(H,19,21);2*1H4. The number of halogens is 6. The van der Waals surface area contributed by atoms with E-state index in [4.69, 9.17) is 32.7 Å². The Morgan fingerprint density at radius 2 is 1.20 bits per heavy atom. The lowest BCUT2D eigenvalue weighted by molar-refractivity contribution is 0.0953. The number of nitrogens with one attached hydrogen (secondary N) is 2. The third-order valence-corrected chi connectivity index (χ3v) is 7.02. The van der Waals surface area contributed by atoms with Gasteiger partial charge in [-0.25, -0.2) is 17.6 Å². The van der Waals surface area contributed by atoms with Crippen molar-refractivity contribution in [2.75, 3.05) is 23.8 Å². The van der Waals surface area contributed by atoms with Gasteiger partial charge >= 0.3 is 0 Å². The van der Waals surface area contributed by atoms with Gasteiger partial charge in [-0.1, -0.05) is 38.1 Å². The highest BCUT2D eigenvalue weighted by Gasteiger charge is 2.31. The van der Waals surface area contributed by atoms with Crippen molar-refractivity contribution < 1.29 is 46.5 Å². The Bertz CT molecular complexity index is 1840. The molecule has 6 rings (SSSR count). The highest BCUT2D eigenvalue weighted by molar-refractivity contribution is 6.31. The summed E-state index contributed by atoms with van der Waals surface area (Å²) in [5.74, 6) is -4.38. The average molecular weight is 681 g/mol. The van der Waals surface area contributed by atoms with Crippen LogP contribution in [0, 0.1) is 23.3 Å². The summed E-state index contributed by atoms with van der Waals surface area (Å²) in [4.78, 5) is 36.0. The van der Waals surface area contributed by atoms with E-state index in [0.717, 1.165) is 24.3 Å². The van der Waals surface area contributed by atoms with Crippen molar-refractivity contribution in [3.8, 4) is 11.5 Å². The summed E-state index contributed by atoms with van der Waals surface area (Å²) in [6.07, 6.45) is -1.11. The zero-order chi connectivity index (χ0) is 31.7. The van der Waals surface area contributed by atoms with Crippen LogP contribution >= 0.6 is 23.2 Å². The van der Waals surface area contributed by atoms with E-state index in [9.17, 15) is 37.1 Å². The Kier molecular flexibility index (Phi) is 11.4. The number of hydrogen-bond donors (Lipinski definition) is 3. The van der Waals surface area contributed by atoms with E-state index in [1.807, 2.05) is 0 Å². The van der Waals surface area contributed by atoms with Crippen molar-refractivity contribution in [1.82, 2.24) is 0 Å². The molecule has 2 aliphatic heterocycles. The van der Waals surface area contributed by atoms with E-state index in [2.05, 4.69) is 10.6 Å². The van der Waals surface area contributed by atoms with Crippen LogP contribution in [0.3, 0.4) is 0 Å². The van der Waals surface area contributed by atoms with Crippen molar-refractivity contribution in [3.63, 3.8) is 0 Å². The number of amides is 2. The number of rotatable bonds is 4. The summed E-state index contributed by atoms with van der Waals surface area (Å²) in [6, 6.07) is 12.0. The Hall–Kier alpha value is -4.65. The van der Waals surface area contributed by atoms with Crippen LogP contribution in [0.5, 0.6) is 11.5 Å². The molecule has 4 aromatic rings. The first-order valence-electron chi connectivity index (χ1n) is 12.6. The van der Waals surface area contributed by atoms with Crippen molar-refractivity contribution >= 4 is 52.2 Å². The number of carbonyl (C=O) groups excluding carboxylic acids is 3. The van der Waals surface area contributed by atoms with Crippen molar-refractivity contribution in [1.29, 1.82) is 0 Å². The minimum atomic E-state index is -1.11. The largest absolute Gasteiger partial charge is 0.489 e. The van der Waals surface area contributed by atoms with Crippen LogP contribution in [0.25, 0.3) is 0 Å². The van der Waals surface area contributed by atoms with E-state index in [0.29, 0.717) is 0 Å². The number of fused-ring (bicyclic) bond motifs is 2. The molecular weight excluding hydrogens is 655 g/mol. The average Bonchev–Trinajstić information content (AvgIpc) is 3.57. The summed E-state index contributed by atoms with van der Waals surface area (Å²) in [7, 11) is 0. The maximum Gasteiger partial charge on any atom is 0.259 e. The molecule has 0 saturated heterocycles. The number of aliphatic hydroxyl groups is 1. The molecule has 0 saturated carbocycles. The normalized spacial score (nSPS) is 13.8. The molecular formula is C32H26Cl2F4N2O6. The number of ether oxygens (including phenoxy) is 2. The van der Waals surface area contributed by atoms with Gasteiger partial charge in [-0.3, -0.25) is 14.4 Å². The molecule has 46 heavy (non-hydrogen) atoms. The number of hydrogen-bond acceptors (Lipinski definition) is 6. The second-order valence-corrected chi connectivity index (χ2v) is 10.2. The first kappa shape index (κ1) is 35.8. The number of Topliss-reactive ketones (excluding diaryl/α,β-unsaturated/α-hetero) is 1. The Morgan fingerprint density at radius 3 is 1.72 bits per heavy atom. The van der Waals surface area contributed by atoms with Gasteiger partial charge in [-0.15, -0.1) is 0 Å². The smallest absolute Gasteiger partial charge is 0.259 e. The third kappa shape index (κ3) is 7.25. The summed E-state index contributed by atoms with van der Waals surface area (Å²) in [5, 5.41) is 14.4. The van der Waals surface area contributed by atoms with E-state index >= 15 is 0 Å². The van der Waals surface area contributed by atoms with E-state index in [1.54, 1.807) is 0 Å². The molecule has 1 atom stereocenters. The van der Waals surface area contributed by atoms with Gasteiger partial charge in [-0.2, -0.15) is 0 Å². The monoisotopic (exact) mass is 680 g/mol. The predicted molar refractivity (Wildman–Crippen MR) is 165 cm³/mol. The molecule has 2 heterocycles. The van der Waals surface area contributed by atoms with Crippen LogP contribution < -0.4 is 20.1 Å². The molecule has 2 amide bonds. The fraction of sp³-hybridized carbons (Fsp3) is 0.156. The molecule has 14 heteroatoms. The molecule has 3 N–H and O–H groups in total. The Balaban J connectivity index is 0.000000240. The van der Waals surface area contributed by atoms with Gasteiger partial charge in [0.1, 0.15) is 47.5 Å². The van der Waals surface area contributed by atoms with Crippen LogP contribution in [-0.4, -0.2) is 35.9 Å². The third-order valence-electron chi connectivity index (χ3n) is 6.44. The molecule has 0 spiro atoms. The molecule has 0 aliphatic carbocycles. The molecule has 242 valence electrons. The second kappa shape index (κ2) is 14.6. The van der Waals surface area contributed by atoms with Gasteiger partial charge in [-0.05, 0) is 60.7 Å². The van der Waals surface area contributed by atoms with Crippen LogP contribution in [0.15, 0.2) is 60.7 Å². The highest BCUT2D eigenvalue weighted by atomic mass is 35.5. The van der Waals surface area contributed by atoms with E-state index in [1.165, 1.54) is 36.4 Å². The SMILES string of the molecule is C.C.O=C(Nc1ccc(F)c(Cl)c1)c1ccc(F)c2c1OCC2=O.O=C(Nc1ccc(F)c(Cl)c1)c1ccc(F)c2c1OCC2O. The summed E-state index contributed by atoms with van der Waals surface area (Å²) in [6.45, 7) is -0.419. The second-order valence-electron chi connectivity index (χ2n) is 9.34. The van der Waals surface area contributed by atoms with Crippen LogP contribution in [-0.2, 0) is 0 Å². The number of benzene rings is 4. The molecule has 8 nitrogen and oxygen atoms in total. The van der Waals surface area contributed by atoms with Gasteiger partial charge in [0.15, 0.2) is 6.61 Å². The molecule has 1 unspecified atom stereocenters. The Labute approximate surface area is 270 Å². The van der Waals surface area contributed by atoms with Crippen molar-refractivity contribution in [3.05, 3.63) is 116 Å². The lowest BCUT2D eigenvalue weighted by Crippen LogP contribution is -2.13. The number of anilines is 2. The van der Waals surface area contributed by atoms with E-state index < -0.39 is 47.0 Å². The van der Waals surface area contributed by atoms with Crippen molar-refractivity contribution in [2.24, 2.45) is 0 Å². The predicted octanol–water partition coefficient (Wildman–Crippen LogP) is 8.01. The first-order chi connectivity index (χ1) is 20.9.